The van der Waals surface area contributed by atoms with E-state index in [4.69, 9.17) is 25.2 Å². The second-order valence-electron chi connectivity index (χ2n) is 4.17. The van der Waals surface area contributed by atoms with Crippen LogP contribution in [0, 0.1) is 11.3 Å². The van der Waals surface area contributed by atoms with E-state index >= 15 is 0 Å². The SMILES string of the molecule is COc1cc(/C=C/C(=O)OC(C)C(N)=O)ccc1OCC#N. The molecule has 0 spiro atoms. The number of methoxy groups -OCH3 is 1. The third kappa shape index (κ3) is 5.17. The lowest BCUT2D eigenvalue weighted by Crippen LogP contribution is -2.29. The summed E-state index contributed by atoms with van der Waals surface area (Å²) in [6.07, 6.45) is 1.67. The maximum Gasteiger partial charge on any atom is 0.331 e. The molecule has 1 unspecified atom stereocenters. The highest BCUT2D eigenvalue weighted by atomic mass is 16.5. The van der Waals surface area contributed by atoms with Crippen molar-refractivity contribution >= 4 is 18.0 Å². The summed E-state index contributed by atoms with van der Waals surface area (Å²) in [5, 5.41) is 8.49. The topological polar surface area (TPSA) is 112 Å². The number of primary amides is 1. The van der Waals surface area contributed by atoms with Crippen molar-refractivity contribution < 1.29 is 23.8 Å². The van der Waals surface area contributed by atoms with Gasteiger partial charge in [-0.2, -0.15) is 5.26 Å². The monoisotopic (exact) mass is 304 g/mol. The number of ether oxygens (including phenoxy) is 3. The molecule has 0 bridgehead atoms. The molecule has 0 saturated carbocycles. The molecule has 0 aliphatic rings. The van der Waals surface area contributed by atoms with Crippen LogP contribution in [0.1, 0.15) is 12.5 Å². The predicted molar refractivity (Wildman–Crippen MR) is 77.9 cm³/mol. The van der Waals surface area contributed by atoms with Gasteiger partial charge in [-0.3, -0.25) is 4.79 Å². The number of carbonyl (C=O) groups is 2. The van der Waals surface area contributed by atoms with Gasteiger partial charge >= 0.3 is 5.97 Å². The van der Waals surface area contributed by atoms with Crippen LogP contribution in [0.25, 0.3) is 6.08 Å². The van der Waals surface area contributed by atoms with E-state index in [1.807, 2.05) is 6.07 Å². The zero-order chi connectivity index (χ0) is 16.5. The van der Waals surface area contributed by atoms with E-state index in [9.17, 15) is 9.59 Å². The van der Waals surface area contributed by atoms with Gasteiger partial charge in [-0.25, -0.2) is 4.79 Å². The molecule has 0 aliphatic carbocycles. The van der Waals surface area contributed by atoms with Crippen molar-refractivity contribution in [3.05, 3.63) is 29.8 Å². The van der Waals surface area contributed by atoms with Crippen LogP contribution in [0.5, 0.6) is 11.5 Å². The van der Waals surface area contributed by atoms with Gasteiger partial charge in [0.25, 0.3) is 5.91 Å². The van der Waals surface area contributed by atoms with E-state index in [-0.39, 0.29) is 6.61 Å². The third-order valence-corrected chi connectivity index (χ3v) is 2.59. The summed E-state index contributed by atoms with van der Waals surface area (Å²) in [4.78, 5) is 22.3. The summed E-state index contributed by atoms with van der Waals surface area (Å²) in [6, 6.07) is 6.79. The highest BCUT2D eigenvalue weighted by Gasteiger charge is 2.12. The molecule has 1 aromatic carbocycles. The van der Waals surface area contributed by atoms with Crippen molar-refractivity contribution in [3.8, 4) is 17.6 Å². The van der Waals surface area contributed by atoms with Gasteiger partial charge in [0.2, 0.25) is 0 Å². The van der Waals surface area contributed by atoms with Crippen LogP contribution in [0.3, 0.4) is 0 Å². The van der Waals surface area contributed by atoms with E-state index in [1.54, 1.807) is 18.2 Å². The van der Waals surface area contributed by atoms with E-state index in [2.05, 4.69) is 0 Å². The molecule has 2 N–H and O–H groups in total. The number of nitriles is 1. The van der Waals surface area contributed by atoms with Crippen LogP contribution in [-0.2, 0) is 14.3 Å². The molecular weight excluding hydrogens is 288 g/mol. The number of rotatable bonds is 7. The minimum absolute atomic E-state index is 0.0944. The lowest BCUT2D eigenvalue weighted by Gasteiger charge is -2.09. The van der Waals surface area contributed by atoms with E-state index < -0.39 is 18.0 Å². The van der Waals surface area contributed by atoms with Crippen LogP contribution < -0.4 is 15.2 Å². The highest BCUT2D eigenvalue weighted by Crippen LogP contribution is 2.28. The Morgan fingerprint density at radius 3 is 2.73 bits per heavy atom. The van der Waals surface area contributed by atoms with Gasteiger partial charge in [0.1, 0.15) is 6.07 Å². The van der Waals surface area contributed by atoms with E-state index in [0.29, 0.717) is 17.1 Å². The summed E-state index contributed by atoms with van der Waals surface area (Å²) >= 11 is 0. The van der Waals surface area contributed by atoms with Crippen molar-refractivity contribution in [1.29, 1.82) is 5.26 Å². The molecule has 0 saturated heterocycles. The Hall–Kier alpha value is -3.01. The summed E-state index contributed by atoms with van der Waals surface area (Å²) in [5.41, 5.74) is 5.65. The molecule has 22 heavy (non-hydrogen) atoms. The Bertz CT molecular complexity index is 619. The number of benzene rings is 1. The lowest BCUT2D eigenvalue weighted by molar-refractivity contribution is -0.148. The summed E-state index contributed by atoms with van der Waals surface area (Å²) in [5.74, 6) is -0.556. The van der Waals surface area contributed by atoms with Gasteiger partial charge < -0.3 is 19.9 Å². The van der Waals surface area contributed by atoms with Crippen molar-refractivity contribution in [2.75, 3.05) is 13.7 Å². The largest absolute Gasteiger partial charge is 0.493 e. The summed E-state index contributed by atoms with van der Waals surface area (Å²) < 4.78 is 15.1. The Morgan fingerprint density at radius 2 is 2.14 bits per heavy atom. The Balaban J connectivity index is 2.77. The van der Waals surface area contributed by atoms with Crippen LogP contribution in [0.4, 0.5) is 0 Å². The first kappa shape index (κ1) is 17.0. The Kier molecular flexibility index (Phi) is 6.44. The fourth-order valence-corrected chi connectivity index (χ4v) is 1.45. The number of nitrogens with two attached hydrogens (primary N) is 1. The molecule has 7 heteroatoms. The first-order valence-corrected chi connectivity index (χ1v) is 6.33. The van der Waals surface area contributed by atoms with Gasteiger partial charge in [0.05, 0.1) is 7.11 Å². The van der Waals surface area contributed by atoms with Crippen molar-refractivity contribution in [1.82, 2.24) is 0 Å². The molecule has 1 atom stereocenters. The smallest absolute Gasteiger partial charge is 0.331 e. The quantitative estimate of drug-likeness (QED) is 0.594. The van der Waals surface area contributed by atoms with Crippen LogP contribution in [0.2, 0.25) is 0 Å². The maximum atomic E-state index is 11.5. The average molecular weight is 304 g/mol. The molecule has 0 fully saturated rings. The first-order valence-electron chi connectivity index (χ1n) is 6.33. The Morgan fingerprint density at radius 1 is 1.41 bits per heavy atom. The highest BCUT2D eigenvalue weighted by molar-refractivity contribution is 5.90. The third-order valence-electron chi connectivity index (χ3n) is 2.59. The van der Waals surface area contributed by atoms with Gasteiger partial charge in [-0.1, -0.05) is 6.07 Å². The second kappa shape index (κ2) is 8.32. The summed E-state index contributed by atoms with van der Waals surface area (Å²) in [6.45, 7) is 1.29. The normalized spacial score (nSPS) is 11.5. The second-order valence-corrected chi connectivity index (χ2v) is 4.17. The number of hydrogen-bond acceptors (Lipinski definition) is 6. The van der Waals surface area contributed by atoms with Crippen LogP contribution >= 0.6 is 0 Å². The molecule has 116 valence electrons. The maximum absolute atomic E-state index is 11.5. The molecule has 1 rings (SSSR count). The molecule has 0 aliphatic heterocycles. The molecule has 0 heterocycles. The fourth-order valence-electron chi connectivity index (χ4n) is 1.45. The number of amides is 1. The van der Waals surface area contributed by atoms with Gasteiger partial charge in [0, 0.05) is 6.08 Å². The molecule has 1 aromatic rings. The van der Waals surface area contributed by atoms with Gasteiger partial charge in [-0.05, 0) is 30.7 Å². The zero-order valence-corrected chi connectivity index (χ0v) is 12.2. The van der Waals surface area contributed by atoms with E-state index in [1.165, 1.54) is 26.2 Å². The van der Waals surface area contributed by atoms with Gasteiger partial charge in [0.15, 0.2) is 24.2 Å². The van der Waals surface area contributed by atoms with Crippen LogP contribution in [0.15, 0.2) is 24.3 Å². The number of nitrogens with zero attached hydrogens (tertiary/aromatic N) is 1. The van der Waals surface area contributed by atoms with Crippen molar-refractivity contribution in [3.63, 3.8) is 0 Å². The standard InChI is InChI=1S/C15H16N2O5/c1-10(15(17)19)22-14(18)6-4-11-3-5-12(21-8-7-16)13(9-11)20-2/h3-6,9-10H,8H2,1-2H3,(H2,17,19)/b6-4+. The molecular formula is C15H16N2O5. The molecule has 7 nitrogen and oxygen atoms in total. The lowest BCUT2D eigenvalue weighted by atomic mass is 10.2. The average Bonchev–Trinajstić information content (AvgIpc) is 2.50. The van der Waals surface area contributed by atoms with Crippen LogP contribution in [-0.4, -0.2) is 31.7 Å². The Labute approximate surface area is 127 Å². The first-order chi connectivity index (χ1) is 10.5. The number of esters is 1. The fraction of sp³-hybridized carbons (Fsp3) is 0.267. The molecule has 1 amide bonds. The zero-order valence-electron chi connectivity index (χ0n) is 12.2. The van der Waals surface area contributed by atoms with E-state index in [0.717, 1.165) is 0 Å². The molecule has 0 radical (unpaired) electrons. The predicted octanol–water partition coefficient (Wildman–Crippen LogP) is 1.03. The summed E-state index contributed by atoms with van der Waals surface area (Å²) in [7, 11) is 1.46. The van der Waals surface area contributed by atoms with Crippen molar-refractivity contribution in [2.24, 2.45) is 5.73 Å². The van der Waals surface area contributed by atoms with Crippen molar-refractivity contribution in [2.45, 2.75) is 13.0 Å². The number of hydrogen-bond donors (Lipinski definition) is 1. The minimum Gasteiger partial charge on any atom is -0.493 e. The minimum atomic E-state index is -0.992. The van der Waals surface area contributed by atoms with Gasteiger partial charge in [-0.15, -0.1) is 0 Å². The number of carbonyl (C=O) groups excluding carboxylic acids is 2. The molecule has 0 aromatic heterocycles.